The van der Waals surface area contributed by atoms with E-state index in [9.17, 15) is 0 Å². The Labute approximate surface area is 71.1 Å². The normalized spacial score (nSPS) is 17.1. The molecule has 0 amide bonds. The predicted octanol–water partition coefficient (Wildman–Crippen LogP) is 0.700. The Morgan fingerprint density at radius 3 is 1.43 bits per heavy atom. The number of hydrogen-bond acceptors (Lipinski definition) is 0. The van der Waals surface area contributed by atoms with Crippen LogP contribution in [0.4, 0.5) is 0 Å². The zero-order valence-electron chi connectivity index (χ0n) is 3.77. The van der Waals surface area contributed by atoms with Gasteiger partial charge in [-0.05, 0) is 0 Å². The van der Waals surface area contributed by atoms with Crippen LogP contribution in [-0.2, 0) is 40.8 Å². The van der Waals surface area contributed by atoms with Crippen LogP contribution in [0.15, 0.2) is 0 Å². The monoisotopic (exact) mass is 444 g/mol. The van der Waals surface area contributed by atoms with Gasteiger partial charge in [0.25, 0.3) is 0 Å². The van der Waals surface area contributed by atoms with Crippen molar-refractivity contribution in [2.24, 2.45) is 0 Å². The molecule has 1 aliphatic rings. The fraction of sp³-hybridized carbons (Fsp3) is 1.00. The van der Waals surface area contributed by atoms with Crippen molar-refractivity contribution in [1.82, 2.24) is 0 Å². The summed E-state index contributed by atoms with van der Waals surface area (Å²) in [6.07, 6.45) is 0. The van der Waals surface area contributed by atoms with Crippen LogP contribution in [0.5, 0.6) is 0 Å². The molecule has 44 valence electrons. The second kappa shape index (κ2) is 7.24. The van der Waals surface area contributed by atoms with Gasteiger partial charge in [0.05, 0.1) is 0 Å². The van der Waals surface area contributed by atoms with Crippen molar-refractivity contribution in [3.8, 4) is 0 Å². The smallest absolute Gasteiger partial charge is 0 e. The molecule has 0 N–H and O–H groups in total. The third kappa shape index (κ3) is 5.11. The number of hydrogen-bond donors (Lipinski definition) is 0. The molecule has 0 saturated carbocycles. The van der Waals surface area contributed by atoms with Gasteiger partial charge in [0, 0.05) is 40.8 Å². The number of nitrogens with zero attached hydrogens (tertiary/aromatic N) is 2. The van der Waals surface area contributed by atoms with E-state index in [1.165, 1.54) is 0 Å². The molecule has 1 aliphatic heterocycles. The Balaban J connectivity index is 0. The summed E-state index contributed by atoms with van der Waals surface area (Å²) >= 11 is 0. The van der Waals surface area contributed by atoms with E-state index < -0.39 is 0 Å². The minimum atomic E-state index is 0. The van der Waals surface area contributed by atoms with Crippen molar-refractivity contribution in [2.75, 3.05) is 19.8 Å². The summed E-state index contributed by atoms with van der Waals surface area (Å²) in [7, 11) is 0. The van der Waals surface area contributed by atoms with E-state index in [-0.39, 0.29) is 40.8 Å². The average molecular weight is 443 g/mol. The Morgan fingerprint density at radius 2 is 1.29 bits per heavy atom. The first kappa shape index (κ1) is 11.1. The summed E-state index contributed by atoms with van der Waals surface area (Å²) in [6.45, 7) is 2.67. The van der Waals surface area contributed by atoms with Gasteiger partial charge in [-0.15, -0.1) is 0 Å². The van der Waals surface area contributed by atoms with Gasteiger partial charge in [-0.1, -0.05) is 0 Å². The van der Waals surface area contributed by atoms with Gasteiger partial charge in [0.1, 0.15) is 0 Å². The molecule has 2 radical (unpaired) electrons. The first-order valence-corrected chi connectivity index (χ1v) is 1.76. The molecule has 4 heteroatoms. The summed E-state index contributed by atoms with van der Waals surface area (Å²) in [5.41, 5.74) is 0. The molecular formula is C3H6N2Re2-2. The maximum absolute atomic E-state index is 3.92. The third-order valence-corrected chi connectivity index (χ3v) is 0.616. The Bertz CT molecular complexity index is 22.5. The van der Waals surface area contributed by atoms with E-state index in [0.717, 1.165) is 19.8 Å². The number of rotatable bonds is 0. The van der Waals surface area contributed by atoms with E-state index in [1.807, 2.05) is 0 Å². The summed E-state index contributed by atoms with van der Waals surface area (Å²) in [5, 5.41) is 7.83. The second-order valence-corrected chi connectivity index (χ2v) is 1.04. The first-order chi connectivity index (χ1) is 2.50. The predicted molar refractivity (Wildman–Crippen MR) is 21.3 cm³/mol. The molecule has 1 heterocycles. The fourth-order valence-electron chi connectivity index (χ4n) is 0.354. The quantitative estimate of drug-likeness (QED) is 0.529. The van der Waals surface area contributed by atoms with Crippen LogP contribution >= 0.6 is 0 Å². The van der Waals surface area contributed by atoms with Crippen molar-refractivity contribution in [3.63, 3.8) is 0 Å². The molecule has 1 rings (SSSR count). The maximum Gasteiger partial charge on any atom is 0 e. The Morgan fingerprint density at radius 1 is 0.857 bits per heavy atom. The van der Waals surface area contributed by atoms with Crippen molar-refractivity contribution < 1.29 is 40.8 Å². The molecule has 0 aromatic heterocycles. The molecule has 2 nitrogen and oxygen atoms in total. The molecule has 0 unspecified atom stereocenters. The van der Waals surface area contributed by atoms with Gasteiger partial charge in [-0.3, -0.25) is 6.67 Å². The molecular weight excluding hydrogens is 436 g/mol. The van der Waals surface area contributed by atoms with E-state index in [2.05, 4.69) is 10.6 Å². The van der Waals surface area contributed by atoms with Gasteiger partial charge in [0.2, 0.25) is 0 Å². The van der Waals surface area contributed by atoms with Crippen molar-refractivity contribution in [3.05, 3.63) is 10.6 Å². The molecule has 1 saturated heterocycles. The van der Waals surface area contributed by atoms with Crippen LogP contribution in [0, 0.1) is 0 Å². The van der Waals surface area contributed by atoms with Crippen LogP contribution in [0.1, 0.15) is 0 Å². The first-order valence-electron chi connectivity index (χ1n) is 1.76. The minimum absolute atomic E-state index is 0. The molecule has 0 aliphatic carbocycles. The standard InChI is InChI=1S/C3H6N2.2Re/c1-2-5-3-4-1;;/h1-3H2;;/q-2;;. The van der Waals surface area contributed by atoms with Crippen LogP contribution in [0.25, 0.3) is 10.6 Å². The summed E-state index contributed by atoms with van der Waals surface area (Å²) in [4.78, 5) is 0. The molecule has 1 fully saturated rings. The SMILES string of the molecule is C1C[N-]C[N-]1.[Re].[Re]. The molecule has 0 aromatic carbocycles. The largest absolute Gasteiger partial charge is 0.682 e. The van der Waals surface area contributed by atoms with Crippen molar-refractivity contribution >= 4 is 0 Å². The van der Waals surface area contributed by atoms with Crippen LogP contribution in [0.2, 0.25) is 0 Å². The topological polar surface area (TPSA) is 28.2 Å². The van der Waals surface area contributed by atoms with Crippen LogP contribution < -0.4 is 0 Å². The van der Waals surface area contributed by atoms with Crippen molar-refractivity contribution in [2.45, 2.75) is 0 Å². The Hall–Kier alpha value is 1.24. The van der Waals surface area contributed by atoms with E-state index in [4.69, 9.17) is 0 Å². The molecule has 0 atom stereocenters. The second-order valence-electron chi connectivity index (χ2n) is 1.04. The summed E-state index contributed by atoms with van der Waals surface area (Å²) < 4.78 is 0. The zero-order chi connectivity index (χ0) is 3.54. The molecule has 0 spiro atoms. The van der Waals surface area contributed by atoms with Gasteiger partial charge < -0.3 is 10.6 Å². The summed E-state index contributed by atoms with van der Waals surface area (Å²) in [6, 6.07) is 0. The molecule has 0 bridgehead atoms. The van der Waals surface area contributed by atoms with Gasteiger partial charge in [-0.2, -0.15) is 13.1 Å². The zero-order valence-corrected chi connectivity index (χ0v) is 9.20. The van der Waals surface area contributed by atoms with E-state index >= 15 is 0 Å². The molecule has 7 heavy (non-hydrogen) atoms. The maximum atomic E-state index is 3.92. The third-order valence-electron chi connectivity index (χ3n) is 0.616. The van der Waals surface area contributed by atoms with Gasteiger partial charge in [0.15, 0.2) is 0 Å². The minimum Gasteiger partial charge on any atom is -0.682 e. The molecule has 0 aromatic rings. The van der Waals surface area contributed by atoms with E-state index in [1.54, 1.807) is 0 Å². The average Bonchev–Trinajstić information content (AvgIpc) is 1.76. The fourth-order valence-corrected chi connectivity index (χ4v) is 0.354. The van der Waals surface area contributed by atoms with E-state index in [0.29, 0.717) is 0 Å². The van der Waals surface area contributed by atoms with Crippen molar-refractivity contribution in [1.29, 1.82) is 0 Å². The van der Waals surface area contributed by atoms with Crippen LogP contribution in [0.3, 0.4) is 0 Å². The van der Waals surface area contributed by atoms with Gasteiger partial charge in [-0.25, -0.2) is 0 Å². The Kier molecular flexibility index (Phi) is 11.5. The summed E-state index contributed by atoms with van der Waals surface area (Å²) in [5.74, 6) is 0. The van der Waals surface area contributed by atoms with Gasteiger partial charge >= 0.3 is 0 Å². The van der Waals surface area contributed by atoms with Crippen LogP contribution in [-0.4, -0.2) is 19.8 Å².